The molecular weight excluding hydrogens is 518 g/mol. The summed E-state index contributed by atoms with van der Waals surface area (Å²) in [6.07, 6.45) is -10.7. The van der Waals surface area contributed by atoms with Crippen molar-refractivity contribution in [1.29, 1.82) is 0 Å². The van der Waals surface area contributed by atoms with Crippen LogP contribution in [-0.4, -0.2) is 66.8 Å². The summed E-state index contributed by atoms with van der Waals surface area (Å²) < 4.78 is 231. The molecule has 0 radical (unpaired) electrons. The van der Waals surface area contributed by atoms with E-state index in [4.69, 9.17) is 5.11 Å². The Bertz CT molecular complexity index is 775. The molecule has 0 saturated heterocycles. The fourth-order valence-electron chi connectivity index (χ4n) is 1.82. The molecule has 4 nitrogen and oxygen atoms in total. The van der Waals surface area contributed by atoms with Gasteiger partial charge >= 0.3 is 41.7 Å². The molecule has 0 heterocycles. The highest BCUT2D eigenvalue weighted by Gasteiger charge is 2.95. The van der Waals surface area contributed by atoms with Gasteiger partial charge in [-0.2, -0.15) is 65.9 Å². The first-order valence-electron chi connectivity index (χ1n) is 6.72. The number of primary sulfonamides is 1. The van der Waals surface area contributed by atoms with E-state index in [1.165, 1.54) is 0 Å². The summed E-state index contributed by atoms with van der Waals surface area (Å²) in [6, 6.07) is 0. The molecule has 0 aliphatic carbocycles. The normalized spacial score (nSPS) is 18.1. The minimum absolute atomic E-state index is 2.26. The average Bonchev–Trinajstić information content (AvgIpc) is 2.51. The molecule has 0 saturated carbocycles. The van der Waals surface area contributed by atoms with E-state index in [-0.39, 0.29) is 0 Å². The minimum atomic E-state index is -8.72. The number of hydrogen-bond acceptors (Lipinski definition) is 3. The molecule has 0 aromatic rings. The maximum Gasteiger partial charge on any atom is 0.460 e. The van der Waals surface area contributed by atoms with E-state index in [0.29, 0.717) is 0 Å². The van der Waals surface area contributed by atoms with Crippen LogP contribution in [-0.2, 0) is 10.0 Å². The van der Waals surface area contributed by atoms with Gasteiger partial charge in [-0.15, -0.1) is 0 Å². The lowest BCUT2D eigenvalue weighted by Gasteiger charge is -2.43. The fourth-order valence-corrected chi connectivity index (χ4v) is 2.68. The minimum Gasteiger partial charge on any atom is -0.396 e. The van der Waals surface area contributed by atoms with Crippen molar-refractivity contribution in [1.82, 2.24) is 0 Å². The molecule has 0 aliphatic heterocycles. The molecule has 1 unspecified atom stereocenters. The molecule has 0 fully saturated rings. The van der Waals surface area contributed by atoms with E-state index in [1.807, 2.05) is 0 Å². The first kappa shape index (κ1) is 29.8. The number of halogens is 16. The van der Waals surface area contributed by atoms with Crippen molar-refractivity contribution in [3.8, 4) is 0 Å². The summed E-state index contributed by atoms with van der Waals surface area (Å²) >= 11 is 0. The molecule has 1 atom stereocenters. The summed E-state index contributed by atoms with van der Waals surface area (Å²) in [5.74, 6) is -50.4. The van der Waals surface area contributed by atoms with E-state index < -0.39 is 69.8 Å². The molecule has 0 bridgehead atoms. The van der Waals surface area contributed by atoms with E-state index in [0.717, 1.165) is 0 Å². The highest BCUT2D eigenvalue weighted by molar-refractivity contribution is 7.90. The lowest BCUT2D eigenvalue weighted by atomic mass is 9.89. The Hall–Kier alpha value is -1.25. The van der Waals surface area contributed by atoms with Gasteiger partial charge in [-0.1, -0.05) is 0 Å². The third-order valence-corrected chi connectivity index (χ3v) is 5.04. The van der Waals surface area contributed by atoms with Crippen molar-refractivity contribution in [2.24, 2.45) is 5.14 Å². The smallest absolute Gasteiger partial charge is 0.396 e. The standard InChI is InChI=1S/C10H7F16NO3S/c11-3(1-2-28,31(27,29)30)4(12,13)5(14,15)6(16,17)7(18,19)8(20,21)9(22,23)10(24,25)26/h28H,1-2H2,(H2,27,29,30). The third kappa shape index (κ3) is 3.68. The number of alkyl halides is 16. The van der Waals surface area contributed by atoms with Gasteiger partial charge in [-0.3, -0.25) is 0 Å². The molecular formula is C10H7F16NO3S. The molecule has 0 amide bonds. The molecule has 0 spiro atoms. The summed E-state index contributed by atoms with van der Waals surface area (Å²) in [4.78, 5) is 0. The topological polar surface area (TPSA) is 80.4 Å². The molecule has 3 N–H and O–H groups in total. The summed E-state index contributed by atoms with van der Waals surface area (Å²) in [5, 5.41) is 5.72. The van der Waals surface area contributed by atoms with Crippen LogP contribution in [0.25, 0.3) is 0 Å². The van der Waals surface area contributed by atoms with Gasteiger partial charge in [0.15, 0.2) is 0 Å². The van der Waals surface area contributed by atoms with E-state index in [1.54, 1.807) is 0 Å². The number of nitrogens with two attached hydrogens (primary N) is 1. The molecule has 0 rings (SSSR count). The van der Waals surface area contributed by atoms with Crippen molar-refractivity contribution in [2.75, 3.05) is 6.61 Å². The largest absolute Gasteiger partial charge is 0.460 e. The summed E-state index contributed by atoms with van der Waals surface area (Å²) in [6.45, 7) is -2.26. The predicted octanol–water partition coefficient (Wildman–Crippen LogP) is 3.70. The Morgan fingerprint density at radius 1 is 0.548 bits per heavy atom. The van der Waals surface area contributed by atoms with Crippen molar-refractivity contribution < 1.29 is 83.8 Å². The Kier molecular flexibility index (Phi) is 7.09. The maximum absolute atomic E-state index is 14.0. The molecule has 0 aromatic heterocycles. The van der Waals surface area contributed by atoms with Crippen LogP contribution in [0.2, 0.25) is 0 Å². The highest BCUT2D eigenvalue weighted by Crippen LogP contribution is 2.64. The van der Waals surface area contributed by atoms with Gasteiger partial charge in [0, 0.05) is 13.0 Å². The average molecular weight is 525 g/mol. The lowest BCUT2D eigenvalue weighted by molar-refractivity contribution is -0.455. The first-order valence-corrected chi connectivity index (χ1v) is 8.26. The first-order chi connectivity index (χ1) is 13.1. The van der Waals surface area contributed by atoms with Crippen molar-refractivity contribution >= 4 is 10.0 Å². The Balaban J connectivity index is 7.04. The number of sulfonamides is 1. The van der Waals surface area contributed by atoms with E-state index in [9.17, 15) is 78.7 Å². The van der Waals surface area contributed by atoms with Gasteiger partial charge in [0.05, 0.1) is 0 Å². The number of aliphatic hydroxyl groups excluding tert-OH is 1. The Morgan fingerprint density at radius 3 is 1.03 bits per heavy atom. The summed E-state index contributed by atoms with van der Waals surface area (Å²) in [7, 11) is -6.91. The van der Waals surface area contributed by atoms with Gasteiger partial charge in [0.25, 0.3) is 15.0 Å². The second-order valence-corrected chi connectivity index (χ2v) is 7.43. The third-order valence-electron chi connectivity index (χ3n) is 3.68. The second kappa shape index (κ2) is 7.39. The molecule has 0 aliphatic rings. The van der Waals surface area contributed by atoms with Gasteiger partial charge in [0.1, 0.15) is 0 Å². The van der Waals surface area contributed by atoms with Gasteiger partial charge in [-0.05, 0) is 0 Å². The van der Waals surface area contributed by atoms with Crippen LogP contribution in [0, 0.1) is 0 Å². The zero-order valence-electron chi connectivity index (χ0n) is 13.7. The van der Waals surface area contributed by atoms with Crippen LogP contribution in [0.5, 0.6) is 0 Å². The molecule has 188 valence electrons. The Morgan fingerprint density at radius 2 is 0.806 bits per heavy atom. The molecule has 0 aromatic carbocycles. The maximum atomic E-state index is 14.0. The second-order valence-electron chi connectivity index (χ2n) is 5.69. The van der Waals surface area contributed by atoms with Crippen LogP contribution in [0.4, 0.5) is 70.2 Å². The van der Waals surface area contributed by atoms with Crippen LogP contribution in [0.15, 0.2) is 0 Å². The van der Waals surface area contributed by atoms with Gasteiger partial charge in [0.2, 0.25) is 0 Å². The van der Waals surface area contributed by atoms with Gasteiger partial charge < -0.3 is 5.11 Å². The number of rotatable bonds is 9. The van der Waals surface area contributed by atoms with Crippen molar-refractivity contribution in [3.05, 3.63) is 0 Å². The van der Waals surface area contributed by atoms with Crippen LogP contribution in [0.3, 0.4) is 0 Å². The lowest BCUT2D eigenvalue weighted by Crippen LogP contribution is -2.75. The van der Waals surface area contributed by atoms with Crippen molar-refractivity contribution in [2.45, 2.75) is 53.1 Å². The van der Waals surface area contributed by atoms with Crippen LogP contribution >= 0.6 is 0 Å². The fraction of sp³-hybridized carbons (Fsp3) is 1.00. The monoisotopic (exact) mass is 525 g/mol. The van der Waals surface area contributed by atoms with Crippen molar-refractivity contribution in [3.63, 3.8) is 0 Å². The molecule has 21 heteroatoms. The van der Waals surface area contributed by atoms with Gasteiger partial charge in [-0.25, -0.2) is 17.9 Å². The van der Waals surface area contributed by atoms with Crippen LogP contribution in [0.1, 0.15) is 6.42 Å². The van der Waals surface area contributed by atoms with E-state index >= 15 is 0 Å². The Labute approximate surface area is 160 Å². The zero-order valence-corrected chi connectivity index (χ0v) is 14.5. The SMILES string of the molecule is NS(=O)(=O)C(F)(CCO)C(F)(F)C(F)(F)C(F)(F)C(F)(F)C(F)(F)C(F)(F)C(F)(F)F. The summed E-state index contributed by atoms with van der Waals surface area (Å²) in [5.41, 5.74) is 0. The zero-order chi connectivity index (χ0) is 25.9. The number of hydrogen-bond donors (Lipinski definition) is 2. The molecule has 31 heavy (non-hydrogen) atoms. The predicted molar refractivity (Wildman–Crippen MR) is 64.4 cm³/mol. The number of aliphatic hydroxyl groups is 1. The highest BCUT2D eigenvalue weighted by atomic mass is 32.2. The van der Waals surface area contributed by atoms with Crippen LogP contribution < -0.4 is 5.14 Å². The quantitative estimate of drug-likeness (QED) is 0.451. The van der Waals surface area contributed by atoms with E-state index in [2.05, 4.69) is 5.14 Å².